The van der Waals surface area contributed by atoms with Crippen molar-refractivity contribution in [3.63, 3.8) is 0 Å². The molecular formula is C21H12ClNS. The van der Waals surface area contributed by atoms with Gasteiger partial charge in [-0.2, -0.15) is 0 Å². The molecule has 0 aliphatic rings. The zero-order valence-electron chi connectivity index (χ0n) is 12.9. The van der Waals surface area contributed by atoms with Gasteiger partial charge in [-0.1, -0.05) is 41.9 Å². The van der Waals surface area contributed by atoms with Crippen molar-refractivity contribution in [3.8, 4) is 0 Å². The summed E-state index contributed by atoms with van der Waals surface area (Å²) in [7, 11) is 0. The number of hydrogen-bond acceptors (Lipinski definition) is 1. The predicted molar refractivity (Wildman–Crippen MR) is 106 cm³/mol. The van der Waals surface area contributed by atoms with Crippen molar-refractivity contribution < 1.29 is 0 Å². The maximum Gasteiger partial charge on any atom is 0.0728 e. The van der Waals surface area contributed by atoms with E-state index in [-0.39, 0.29) is 0 Å². The molecule has 0 radical (unpaired) electrons. The highest BCUT2D eigenvalue weighted by atomic mass is 35.5. The lowest BCUT2D eigenvalue weighted by Crippen LogP contribution is -1.79. The van der Waals surface area contributed by atoms with Gasteiger partial charge in [-0.15, -0.1) is 11.3 Å². The van der Waals surface area contributed by atoms with Crippen LogP contribution >= 0.6 is 22.9 Å². The lowest BCUT2D eigenvalue weighted by molar-refractivity contribution is 1.38. The summed E-state index contributed by atoms with van der Waals surface area (Å²) in [6.07, 6.45) is 0. The van der Waals surface area contributed by atoms with E-state index in [9.17, 15) is 0 Å². The second-order valence-electron chi connectivity index (χ2n) is 6.43. The van der Waals surface area contributed by atoms with Gasteiger partial charge in [0.1, 0.15) is 0 Å². The molecule has 3 heteroatoms. The number of aromatic nitrogens is 1. The summed E-state index contributed by atoms with van der Waals surface area (Å²) in [6.45, 7) is 2.21. The maximum atomic E-state index is 6.22. The molecule has 0 bridgehead atoms. The van der Waals surface area contributed by atoms with E-state index < -0.39 is 0 Å². The lowest BCUT2D eigenvalue weighted by Gasteiger charge is -1.98. The summed E-state index contributed by atoms with van der Waals surface area (Å²) in [6, 6.07) is 19.5. The van der Waals surface area contributed by atoms with Crippen LogP contribution in [-0.2, 0) is 0 Å². The van der Waals surface area contributed by atoms with Gasteiger partial charge < -0.3 is 4.40 Å². The fourth-order valence-corrected chi connectivity index (χ4v) is 5.63. The van der Waals surface area contributed by atoms with E-state index in [4.69, 9.17) is 11.6 Å². The number of para-hydroxylation sites is 1. The first-order chi connectivity index (χ1) is 11.7. The molecule has 0 saturated heterocycles. The molecule has 0 spiro atoms. The van der Waals surface area contributed by atoms with E-state index in [2.05, 4.69) is 59.9 Å². The average Bonchev–Trinajstić information content (AvgIpc) is 3.19. The fourth-order valence-electron chi connectivity index (χ4n) is 4.14. The van der Waals surface area contributed by atoms with Gasteiger partial charge in [0.2, 0.25) is 0 Å². The first-order valence-corrected chi connectivity index (χ1v) is 9.19. The monoisotopic (exact) mass is 345 g/mol. The van der Waals surface area contributed by atoms with Crippen LogP contribution in [0.25, 0.3) is 47.5 Å². The van der Waals surface area contributed by atoms with Gasteiger partial charge in [0.05, 0.1) is 21.3 Å². The number of hydrogen-bond donors (Lipinski definition) is 0. The van der Waals surface area contributed by atoms with E-state index in [1.165, 1.54) is 53.1 Å². The quantitative estimate of drug-likeness (QED) is 0.279. The van der Waals surface area contributed by atoms with Crippen molar-refractivity contribution >= 4 is 70.4 Å². The molecular weight excluding hydrogens is 334 g/mol. The molecule has 0 unspecified atom stereocenters. The third-order valence-corrected chi connectivity index (χ3v) is 6.53. The molecule has 3 heterocycles. The molecule has 0 atom stereocenters. The number of aryl methyl sites for hydroxylation is 1. The molecule has 0 N–H and O–H groups in total. The van der Waals surface area contributed by atoms with Gasteiger partial charge in [-0.25, -0.2) is 0 Å². The standard InChI is InChI=1S/C21H12ClNS/c1-11-6-8-15-19-18(11)13-4-2-3-5-16(13)23(19)20-14-9-7-12(22)10-17(14)24-21(15)20/h2-10H,1H3. The molecule has 0 aliphatic carbocycles. The van der Waals surface area contributed by atoms with Crippen LogP contribution in [0.3, 0.4) is 0 Å². The third-order valence-electron chi connectivity index (χ3n) is 5.12. The molecule has 0 saturated carbocycles. The second-order valence-corrected chi connectivity index (χ2v) is 7.92. The number of fused-ring (bicyclic) bond motifs is 8. The van der Waals surface area contributed by atoms with E-state index in [1.54, 1.807) is 0 Å². The Bertz CT molecular complexity index is 1420. The molecule has 3 aromatic carbocycles. The largest absolute Gasteiger partial charge is 0.306 e. The molecule has 3 aromatic heterocycles. The van der Waals surface area contributed by atoms with Crippen LogP contribution < -0.4 is 0 Å². The third kappa shape index (κ3) is 1.38. The van der Waals surface area contributed by atoms with Crippen molar-refractivity contribution in [2.75, 3.05) is 0 Å². The molecule has 24 heavy (non-hydrogen) atoms. The molecule has 114 valence electrons. The van der Waals surface area contributed by atoms with Crippen molar-refractivity contribution in [1.29, 1.82) is 0 Å². The second kappa shape index (κ2) is 4.21. The van der Waals surface area contributed by atoms with Gasteiger partial charge in [-0.3, -0.25) is 0 Å². The Hall–Kier alpha value is -2.29. The Morgan fingerprint density at radius 3 is 2.62 bits per heavy atom. The van der Waals surface area contributed by atoms with Gasteiger partial charge in [0.25, 0.3) is 0 Å². The first-order valence-electron chi connectivity index (χ1n) is 7.99. The minimum absolute atomic E-state index is 0.800. The van der Waals surface area contributed by atoms with E-state index >= 15 is 0 Å². The molecule has 0 fully saturated rings. The zero-order valence-corrected chi connectivity index (χ0v) is 14.5. The topological polar surface area (TPSA) is 4.41 Å². The van der Waals surface area contributed by atoms with Gasteiger partial charge in [0.15, 0.2) is 0 Å². The van der Waals surface area contributed by atoms with Gasteiger partial charge >= 0.3 is 0 Å². The van der Waals surface area contributed by atoms with Crippen molar-refractivity contribution in [2.24, 2.45) is 0 Å². The Kier molecular flexibility index (Phi) is 2.29. The highest BCUT2D eigenvalue weighted by Crippen LogP contribution is 2.46. The highest BCUT2D eigenvalue weighted by Gasteiger charge is 2.21. The summed E-state index contributed by atoms with van der Waals surface area (Å²) in [5.74, 6) is 0. The average molecular weight is 346 g/mol. The van der Waals surface area contributed by atoms with Crippen LogP contribution in [0.5, 0.6) is 0 Å². The van der Waals surface area contributed by atoms with Crippen molar-refractivity contribution in [1.82, 2.24) is 4.40 Å². The van der Waals surface area contributed by atoms with Crippen LogP contribution in [-0.4, -0.2) is 4.40 Å². The van der Waals surface area contributed by atoms with Crippen LogP contribution in [0, 0.1) is 6.92 Å². The predicted octanol–water partition coefficient (Wildman–Crippen LogP) is 7.01. The SMILES string of the molecule is Cc1ccc2c3sc4cc(Cl)ccc4c3n3c4ccccc4c1c23. The van der Waals surface area contributed by atoms with Crippen LogP contribution in [0.15, 0.2) is 54.6 Å². The molecule has 1 nitrogen and oxygen atoms in total. The molecule has 0 amide bonds. The molecule has 0 aliphatic heterocycles. The van der Waals surface area contributed by atoms with Gasteiger partial charge in [-0.05, 0) is 36.8 Å². The number of nitrogens with zero attached hydrogens (tertiary/aromatic N) is 1. The van der Waals surface area contributed by atoms with Crippen molar-refractivity contribution in [3.05, 3.63) is 65.2 Å². The normalized spacial score (nSPS) is 12.6. The van der Waals surface area contributed by atoms with E-state index in [1.807, 2.05) is 17.4 Å². The Balaban J connectivity index is 2.06. The van der Waals surface area contributed by atoms with Crippen molar-refractivity contribution in [2.45, 2.75) is 6.92 Å². The maximum absolute atomic E-state index is 6.22. The summed E-state index contributed by atoms with van der Waals surface area (Å²) < 4.78 is 5.07. The summed E-state index contributed by atoms with van der Waals surface area (Å²) in [5.41, 5.74) is 5.30. The summed E-state index contributed by atoms with van der Waals surface area (Å²) >= 11 is 8.06. The highest BCUT2D eigenvalue weighted by molar-refractivity contribution is 7.26. The Morgan fingerprint density at radius 1 is 0.875 bits per heavy atom. The number of thiophene rings is 1. The first kappa shape index (κ1) is 13.1. The van der Waals surface area contributed by atoms with Gasteiger partial charge in [0, 0.05) is 31.3 Å². The van der Waals surface area contributed by atoms with E-state index in [0.29, 0.717) is 0 Å². The zero-order chi connectivity index (χ0) is 16.0. The minimum Gasteiger partial charge on any atom is -0.306 e. The Labute approximate surface area is 147 Å². The van der Waals surface area contributed by atoms with E-state index in [0.717, 1.165) is 5.02 Å². The smallest absolute Gasteiger partial charge is 0.0728 e. The number of halogens is 1. The molecule has 6 rings (SSSR count). The minimum atomic E-state index is 0.800. The lowest BCUT2D eigenvalue weighted by atomic mass is 10.1. The summed E-state index contributed by atoms with van der Waals surface area (Å²) in [5, 5.41) is 6.16. The van der Waals surface area contributed by atoms with Crippen LogP contribution in [0.2, 0.25) is 5.02 Å². The molecule has 6 aromatic rings. The summed E-state index contributed by atoms with van der Waals surface area (Å²) in [4.78, 5) is 0. The van der Waals surface area contributed by atoms with Crippen LogP contribution in [0.1, 0.15) is 5.56 Å². The number of rotatable bonds is 0. The fraction of sp³-hybridized carbons (Fsp3) is 0.0476. The van der Waals surface area contributed by atoms with Crippen LogP contribution in [0.4, 0.5) is 0 Å². The number of benzene rings is 3. The Morgan fingerprint density at radius 2 is 1.71 bits per heavy atom.